The van der Waals surface area contributed by atoms with E-state index in [1.54, 1.807) is 26.4 Å². The fraction of sp³-hybridized carbons (Fsp3) is 0.500. The summed E-state index contributed by atoms with van der Waals surface area (Å²) in [6.07, 6.45) is 5.02. The third kappa shape index (κ3) is 6.47. The predicted octanol–water partition coefficient (Wildman–Crippen LogP) is 3.43. The Morgan fingerprint density at radius 1 is 1.21 bits per heavy atom. The number of guanidine groups is 1. The van der Waals surface area contributed by atoms with Crippen LogP contribution in [-0.2, 0) is 0 Å². The van der Waals surface area contributed by atoms with Gasteiger partial charge in [0.1, 0.15) is 5.75 Å². The number of rotatable bonds is 7. The van der Waals surface area contributed by atoms with Crippen molar-refractivity contribution in [2.45, 2.75) is 31.3 Å². The van der Waals surface area contributed by atoms with Crippen LogP contribution in [0.4, 0.5) is 10.2 Å². The van der Waals surface area contributed by atoms with Crippen molar-refractivity contribution in [2.75, 3.05) is 51.8 Å². The standard InChI is InChI=1S/C24H33FN6O.HI/c1-26-24(29-19-11-15-31(17-19)23-21(25)6-5-12-27-23)28-16-22(30-13-3-4-14-30)18-7-9-20(32-2)10-8-18;/h5-10,12,19,22H,3-4,11,13-17H2,1-2H3,(H2,26,28,29);1H. The third-order valence-corrected chi connectivity index (χ3v) is 6.34. The molecule has 0 radical (unpaired) electrons. The Kier molecular flexibility index (Phi) is 9.54. The van der Waals surface area contributed by atoms with Crippen molar-refractivity contribution in [2.24, 2.45) is 4.99 Å². The number of aromatic nitrogens is 1. The molecule has 2 N–H and O–H groups in total. The molecule has 2 aromatic rings. The van der Waals surface area contributed by atoms with E-state index in [2.05, 4.69) is 37.6 Å². The molecule has 2 atom stereocenters. The van der Waals surface area contributed by atoms with E-state index in [1.165, 1.54) is 24.5 Å². The summed E-state index contributed by atoms with van der Waals surface area (Å²) in [4.78, 5) is 13.2. The number of hydrogen-bond acceptors (Lipinski definition) is 5. The van der Waals surface area contributed by atoms with Gasteiger partial charge in [0.2, 0.25) is 0 Å². The Labute approximate surface area is 212 Å². The molecule has 9 heteroatoms. The van der Waals surface area contributed by atoms with Gasteiger partial charge in [0.25, 0.3) is 0 Å². The molecule has 2 unspecified atom stereocenters. The van der Waals surface area contributed by atoms with Gasteiger partial charge in [-0.25, -0.2) is 9.37 Å². The molecule has 0 aliphatic carbocycles. The van der Waals surface area contributed by atoms with Crippen LogP contribution in [-0.4, -0.2) is 68.8 Å². The van der Waals surface area contributed by atoms with Crippen molar-refractivity contribution in [1.82, 2.24) is 20.5 Å². The molecule has 1 aromatic heterocycles. The van der Waals surface area contributed by atoms with Crippen molar-refractivity contribution >= 4 is 35.8 Å². The zero-order valence-electron chi connectivity index (χ0n) is 19.3. The second-order valence-electron chi connectivity index (χ2n) is 8.37. The molecule has 2 saturated heterocycles. The Morgan fingerprint density at radius 3 is 2.64 bits per heavy atom. The molecule has 2 aliphatic heterocycles. The van der Waals surface area contributed by atoms with Crippen molar-refractivity contribution in [3.8, 4) is 5.75 Å². The van der Waals surface area contributed by atoms with Gasteiger partial charge in [0.15, 0.2) is 17.6 Å². The fourth-order valence-corrected chi connectivity index (χ4v) is 4.60. The highest BCUT2D eigenvalue weighted by molar-refractivity contribution is 14.0. The summed E-state index contributed by atoms with van der Waals surface area (Å²) < 4.78 is 19.4. The van der Waals surface area contributed by atoms with E-state index in [9.17, 15) is 4.39 Å². The fourth-order valence-electron chi connectivity index (χ4n) is 4.60. The second kappa shape index (κ2) is 12.4. The largest absolute Gasteiger partial charge is 0.497 e. The number of anilines is 1. The molecule has 33 heavy (non-hydrogen) atoms. The zero-order valence-corrected chi connectivity index (χ0v) is 21.7. The molecule has 4 rings (SSSR count). The lowest BCUT2D eigenvalue weighted by Crippen LogP contribution is -2.47. The number of hydrogen-bond donors (Lipinski definition) is 2. The van der Waals surface area contributed by atoms with Gasteiger partial charge in [-0.1, -0.05) is 12.1 Å². The summed E-state index contributed by atoms with van der Waals surface area (Å²) in [6, 6.07) is 11.9. The number of pyridine rings is 1. The van der Waals surface area contributed by atoms with Crippen molar-refractivity contribution in [1.29, 1.82) is 0 Å². The Balaban J connectivity index is 0.00000306. The van der Waals surface area contributed by atoms with E-state index < -0.39 is 0 Å². The highest BCUT2D eigenvalue weighted by Crippen LogP contribution is 2.26. The van der Waals surface area contributed by atoms with Gasteiger partial charge in [-0.3, -0.25) is 9.89 Å². The number of ether oxygens (including phenoxy) is 1. The monoisotopic (exact) mass is 568 g/mol. The number of nitrogens with zero attached hydrogens (tertiary/aromatic N) is 4. The lowest BCUT2D eigenvalue weighted by molar-refractivity contribution is 0.245. The van der Waals surface area contributed by atoms with Crippen molar-refractivity contribution in [3.63, 3.8) is 0 Å². The minimum Gasteiger partial charge on any atom is -0.497 e. The van der Waals surface area contributed by atoms with Gasteiger partial charge in [-0.2, -0.15) is 0 Å². The molecular formula is C24H34FIN6O. The molecular weight excluding hydrogens is 534 g/mol. The lowest BCUT2D eigenvalue weighted by atomic mass is 10.1. The van der Waals surface area contributed by atoms with Gasteiger partial charge in [0.05, 0.1) is 13.2 Å². The van der Waals surface area contributed by atoms with E-state index in [1.807, 2.05) is 17.0 Å². The molecule has 0 saturated carbocycles. The summed E-state index contributed by atoms with van der Waals surface area (Å²) in [7, 11) is 3.48. The first-order valence-corrected chi connectivity index (χ1v) is 11.4. The van der Waals surface area contributed by atoms with Crippen molar-refractivity contribution in [3.05, 3.63) is 54.0 Å². The van der Waals surface area contributed by atoms with Crippen LogP contribution in [0.1, 0.15) is 30.9 Å². The molecule has 0 spiro atoms. The Hall–Kier alpha value is -2.14. The van der Waals surface area contributed by atoms with Crippen molar-refractivity contribution < 1.29 is 9.13 Å². The molecule has 0 bridgehead atoms. The SMILES string of the molecule is CN=C(NCC(c1ccc(OC)cc1)N1CCCC1)NC1CCN(c2ncccc2F)C1.I. The number of benzene rings is 1. The summed E-state index contributed by atoms with van der Waals surface area (Å²) in [5.74, 6) is 1.79. The normalized spacial score (nSPS) is 19.8. The van der Waals surface area contributed by atoms with E-state index in [0.717, 1.165) is 44.3 Å². The lowest BCUT2D eigenvalue weighted by Gasteiger charge is -2.29. The first-order chi connectivity index (χ1) is 15.7. The first kappa shape index (κ1) is 25.5. The highest BCUT2D eigenvalue weighted by Gasteiger charge is 2.27. The maximum absolute atomic E-state index is 14.1. The minimum absolute atomic E-state index is 0. The van der Waals surface area contributed by atoms with Gasteiger partial charge < -0.3 is 20.3 Å². The van der Waals surface area contributed by atoms with E-state index >= 15 is 0 Å². The summed E-state index contributed by atoms with van der Waals surface area (Å²) >= 11 is 0. The summed E-state index contributed by atoms with van der Waals surface area (Å²) in [5, 5.41) is 7.03. The van der Waals surface area contributed by atoms with Gasteiger partial charge in [-0.05, 0) is 62.2 Å². The average molecular weight is 568 g/mol. The topological polar surface area (TPSA) is 65.0 Å². The number of likely N-dealkylation sites (tertiary alicyclic amines) is 1. The Bertz CT molecular complexity index is 906. The van der Waals surface area contributed by atoms with E-state index in [-0.39, 0.29) is 41.9 Å². The minimum atomic E-state index is -0.274. The number of methoxy groups -OCH3 is 1. The number of halogens is 2. The molecule has 7 nitrogen and oxygen atoms in total. The highest BCUT2D eigenvalue weighted by atomic mass is 127. The maximum atomic E-state index is 14.1. The van der Waals surface area contributed by atoms with Gasteiger partial charge >= 0.3 is 0 Å². The molecule has 1 aromatic carbocycles. The van der Waals surface area contributed by atoms with Crippen LogP contribution in [0.2, 0.25) is 0 Å². The van der Waals surface area contributed by atoms with Gasteiger partial charge in [-0.15, -0.1) is 24.0 Å². The number of nitrogens with one attached hydrogen (secondary N) is 2. The molecule has 3 heterocycles. The molecule has 2 aliphatic rings. The van der Waals surface area contributed by atoms with Gasteiger partial charge in [0, 0.05) is 38.9 Å². The summed E-state index contributed by atoms with van der Waals surface area (Å²) in [5.41, 5.74) is 1.27. The van der Waals surface area contributed by atoms with E-state index in [0.29, 0.717) is 12.4 Å². The second-order valence-corrected chi connectivity index (χ2v) is 8.37. The quantitative estimate of drug-likeness (QED) is 0.303. The van der Waals surface area contributed by atoms with E-state index in [4.69, 9.17) is 4.74 Å². The number of aliphatic imine (C=N–C) groups is 1. The predicted molar refractivity (Wildman–Crippen MR) is 141 cm³/mol. The Morgan fingerprint density at radius 2 is 1.97 bits per heavy atom. The molecule has 2 fully saturated rings. The summed E-state index contributed by atoms with van der Waals surface area (Å²) in [6.45, 7) is 4.44. The smallest absolute Gasteiger partial charge is 0.191 e. The molecule has 0 amide bonds. The van der Waals surface area contributed by atoms with Crippen LogP contribution in [0, 0.1) is 5.82 Å². The van der Waals surface area contributed by atoms with Crippen LogP contribution in [0.25, 0.3) is 0 Å². The zero-order chi connectivity index (χ0) is 22.3. The van der Waals surface area contributed by atoms with Crippen LogP contribution in [0.3, 0.4) is 0 Å². The van der Waals surface area contributed by atoms with Crippen LogP contribution in [0.5, 0.6) is 5.75 Å². The molecule has 180 valence electrons. The maximum Gasteiger partial charge on any atom is 0.191 e. The third-order valence-electron chi connectivity index (χ3n) is 6.34. The van der Waals surface area contributed by atoms with Crippen LogP contribution < -0.4 is 20.3 Å². The average Bonchev–Trinajstić information content (AvgIpc) is 3.52. The van der Waals surface area contributed by atoms with Crippen LogP contribution >= 0.6 is 24.0 Å². The first-order valence-electron chi connectivity index (χ1n) is 11.4. The van der Waals surface area contributed by atoms with Crippen LogP contribution in [0.15, 0.2) is 47.6 Å².